The molecule has 3 heterocycles. The number of fused-ring (bicyclic) bond motifs is 3. The highest BCUT2D eigenvalue weighted by atomic mass is 32.1. The number of carbonyl (C=O) groups is 1. The van der Waals surface area contributed by atoms with Crippen LogP contribution in [-0.4, -0.2) is 28.7 Å². The van der Waals surface area contributed by atoms with Gasteiger partial charge < -0.3 is 20.5 Å². The van der Waals surface area contributed by atoms with E-state index in [0.717, 1.165) is 18.1 Å². The summed E-state index contributed by atoms with van der Waals surface area (Å²) in [6.45, 7) is 0.382. The van der Waals surface area contributed by atoms with Crippen LogP contribution in [0.1, 0.15) is 52.2 Å². The number of hydrogen-bond acceptors (Lipinski definition) is 6. The molecule has 1 aromatic heterocycles. The Hall–Kier alpha value is -3.11. The number of ether oxygens (including phenoxy) is 1. The summed E-state index contributed by atoms with van der Waals surface area (Å²) in [7, 11) is 0. The Kier molecular flexibility index (Phi) is 5.95. The molecular formula is C24H22F3N3O3S. The van der Waals surface area contributed by atoms with E-state index in [1.165, 1.54) is 28.8 Å². The molecule has 3 aromatic rings. The van der Waals surface area contributed by atoms with Crippen molar-refractivity contribution in [3.8, 4) is 0 Å². The van der Waals surface area contributed by atoms with Gasteiger partial charge in [0.25, 0.3) is 0 Å². The standard InChI is InChI=1S/C24H22F3N3O3S/c25-24(26,27)14-6-9-18-17(10-14)21-16(20(29-18)13-4-2-1-3-5-13)8-7-15(33-21)11-28-23-30-19(12-34-23)22(31)32/h1-6,9-10,12,15-16,20-21,29H,7-8,11H2,(H,28,30)(H,31,32)/t15-,16+,20+,21+/m1/s1. The second kappa shape index (κ2) is 8.92. The number of hydrogen-bond donors (Lipinski definition) is 3. The normalized spacial score (nSPS) is 24.0. The molecule has 34 heavy (non-hydrogen) atoms. The Labute approximate surface area is 197 Å². The molecule has 0 saturated carbocycles. The van der Waals surface area contributed by atoms with Crippen molar-refractivity contribution in [2.24, 2.45) is 5.92 Å². The summed E-state index contributed by atoms with van der Waals surface area (Å²) in [6, 6.07) is 13.5. The Bertz CT molecular complexity index is 1180. The number of anilines is 2. The summed E-state index contributed by atoms with van der Waals surface area (Å²) >= 11 is 1.19. The monoisotopic (exact) mass is 489 g/mol. The molecule has 0 radical (unpaired) electrons. The van der Waals surface area contributed by atoms with Gasteiger partial charge in [0.2, 0.25) is 0 Å². The Morgan fingerprint density at radius 1 is 1.21 bits per heavy atom. The van der Waals surface area contributed by atoms with Crippen molar-refractivity contribution in [2.45, 2.75) is 37.3 Å². The highest BCUT2D eigenvalue weighted by Crippen LogP contribution is 2.51. The number of nitrogens with zero attached hydrogens (tertiary/aromatic N) is 1. The van der Waals surface area contributed by atoms with E-state index in [9.17, 15) is 18.0 Å². The highest BCUT2D eigenvalue weighted by Gasteiger charge is 2.43. The van der Waals surface area contributed by atoms with Crippen molar-refractivity contribution in [1.82, 2.24) is 4.98 Å². The molecule has 178 valence electrons. The molecule has 0 aliphatic carbocycles. The largest absolute Gasteiger partial charge is 0.476 e. The maximum Gasteiger partial charge on any atom is 0.416 e. The summed E-state index contributed by atoms with van der Waals surface area (Å²) < 4.78 is 46.7. The number of aromatic nitrogens is 1. The molecule has 2 aromatic carbocycles. The fourth-order valence-corrected chi connectivity index (χ4v) is 5.42. The van der Waals surface area contributed by atoms with E-state index < -0.39 is 23.8 Å². The average Bonchev–Trinajstić information content (AvgIpc) is 3.31. The zero-order chi connectivity index (χ0) is 23.9. The van der Waals surface area contributed by atoms with Crippen molar-refractivity contribution < 1.29 is 27.8 Å². The lowest BCUT2D eigenvalue weighted by atomic mass is 9.76. The van der Waals surface area contributed by atoms with Gasteiger partial charge in [0.15, 0.2) is 10.8 Å². The van der Waals surface area contributed by atoms with Crippen LogP contribution in [0.4, 0.5) is 24.0 Å². The van der Waals surface area contributed by atoms with Gasteiger partial charge in [-0.3, -0.25) is 0 Å². The summed E-state index contributed by atoms with van der Waals surface area (Å²) in [6.07, 6.45) is -3.73. The molecule has 0 spiro atoms. The Morgan fingerprint density at radius 3 is 2.71 bits per heavy atom. The van der Waals surface area contributed by atoms with E-state index in [4.69, 9.17) is 9.84 Å². The first-order valence-electron chi connectivity index (χ1n) is 10.9. The van der Waals surface area contributed by atoms with Crippen molar-refractivity contribution in [1.29, 1.82) is 0 Å². The molecule has 0 bridgehead atoms. The zero-order valence-electron chi connectivity index (χ0n) is 17.9. The SMILES string of the molecule is O=C(O)c1csc(NC[C@H]2CC[C@@H]3[C@H](O2)c2cc(C(F)(F)F)ccc2N[C@H]3c2ccccc2)n1. The number of thiazole rings is 1. The quantitative estimate of drug-likeness (QED) is 0.409. The predicted molar refractivity (Wildman–Crippen MR) is 122 cm³/mol. The van der Waals surface area contributed by atoms with E-state index in [0.29, 0.717) is 29.3 Å². The molecule has 2 aliphatic heterocycles. The summed E-state index contributed by atoms with van der Waals surface area (Å²) in [4.78, 5) is 15.1. The molecule has 0 unspecified atom stereocenters. The van der Waals surface area contributed by atoms with Crippen molar-refractivity contribution >= 4 is 28.1 Å². The number of nitrogens with one attached hydrogen (secondary N) is 2. The summed E-state index contributed by atoms with van der Waals surface area (Å²) in [5.41, 5.74) is 1.49. The van der Waals surface area contributed by atoms with Gasteiger partial charge in [0, 0.05) is 29.1 Å². The Balaban J connectivity index is 1.41. The summed E-state index contributed by atoms with van der Waals surface area (Å²) in [5.74, 6) is -1.13. The van der Waals surface area contributed by atoms with Crippen LogP contribution in [0.2, 0.25) is 0 Å². The number of carboxylic acid groups (broad SMARTS) is 1. The minimum atomic E-state index is -4.44. The molecule has 1 saturated heterocycles. The van der Waals surface area contributed by atoms with Crippen LogP contribution in [0.5, 0.6) is 0 Å². The predicted octanol–water partition coefficient (Wildman–Crippen LogP) is 5.98. The minimum absolute atomic E-state index is 0.0326. The van der Waals surface area contributed by atoms with Gasteiger partial charge in [-0.15, -0.1) is 11.3 Å². The van der Waals surface area contributed by atoms with Crippen LogP contribution in [0.25, 0.3) is 0 Å². The molecule has 3 N–H and O–H groups in total. The van der Waals surface area contributed by atoms with Crippen molar-refractivity contribution in [2.75, 3.05) is 17.2 Å². The van der Waals surface area contributed by atoms with Gasteiger partial charge in [0.1, 0.15) is 0 Å². The summed E-state index contributed by atoms with van der Waals surface area (Å²) in [5, 5.41) is 17.5. The molecular weight excluding hydrogens is 467 g/mol. The number of aromatic carboxylic acids is 1. The zero-order valence-corrected chi connectivity index (χ0v) is 18.7. The third kappa shape index (κ3) is 4.47. The maximum absolute atomic E-state index is 13.4. The van der Waals surface area contributed by atoms with E-state index in [1.807, 2.05) is 30.3 Å². The molecule has 1 fully saturated rings. The van der Waals surface area contributed by atoms with Crippen LogP contribution >= 0.6 is 11.3 Å². The Morgan fingerprint density at radius 2 is 2.00 bits per heavy atom. The molecule has 5 rings (SSSR count). The topological polar surface area (TPSA) is 83.5 Å². The number of halogens is 3. The smallest absolute Gasteiger partial charge is 0.416 e. The number of alkyl halides is 3. The van der Waals surface area contributed by atoms with Crippen molar-refractivity contribution in [3.63, 3.8) is 0 Å². The third-order valence-corrected chi connectivity index (χ3v) is 7.14. The second-order valence-corrected chi connectivity index (χ2v) is 9.33. The van der Waals surface area contributed by atoms with Gasteiger partial charge in [-0.25, -0.2) is 9.78 Å². The lowest BCUT2D eigenvalue weighted by Gasteiger charge is -2.46. The minimum Gasteiger partial charge on any atom is -0.476 e. The first kappa shape index (κ1) is 22.7. The van der Waals surface area contributed by atoms with Gasteiger partial charge in [-0.05, 0) is 36.6 Å². The molecule has 2 aliphatic rings. The van der Waals surface area contributed by atoms with Crippen LogP contribution in [0, 0.1) is 5.92 Å². The number of carboxylic acids is 1. The maximum atomic E-state index is 13.4. The van der Waals surface area contributed by atoms with E-state index in [-0.39, 0.29) is 23.8 Å². The van der Waals surface area contributed by atoms with Crippen LogP contribution in [-0.2, 0) is 10.9 Å². The van der Waals surface area contributed by atoms with E-state index >= 15 is 0 Å². The lowest BCUT2D eigenvalue weighted by Crippen LogP contribution is -2.41. The highest BCUT2D eigenvalue weighted by molar-refractivity contribution is 7.13. The number of rotatable bonds is 5. The van der Waals surface area contributed by atoms with E-state index in [1.54, 1.807) is 0 Å². The fraction of sp³-hybridized carbons (Fsp3) is 0.333. The molecule has 6 nitrogen and oxygen atoms in total. The van der Waals surface area contributed by atoms with Crippen LogP contribution in [0.15, 0.2) is 53.9 Å². The fourth-order valence-electron chi connectivity index (χ4n) is 4.73. The van der Waals surface area contributed by atoms with Gasteiger partial charge >= 0.3 is 12.1 Å². The molecule has 4 atom stereocenters. The lowest BCUT2D eigenvalue weighted by molar-refractivity contribution is -0.138. The van der Waals surface area contributed by atoms with Gasteiger partial charge in [0.05, 0.1) is 23.8 Å². The molecule has 0 amide bonds. The van der Waals surface area contributed by atoms with Crippen LogP contribution < -0.4 is 10.6 Å². The van der Waals surface area contributed by atoms with Gasteiger partial charge in [-0.1, -0.05) is 30.3 Å². The first-order chi connectivity index (χ1) is 16.3. The first-order valence-corrected chi connectivity index (χ1v) is 11.8. The van der Waals surface area contributed by atoms with Crippen LogP contribution in [0.3, 0.4) is 0 Å². The third-order valence-electron chi connectivity index (χ3n) is 6.34. The van der Waals surface area contributed by atoms with Gasteiger partial charge in [-0.2, -0.15) is 13.2 Å². The van der Waals surface area contributed by atoms with E-state index in [2.05, 4.69) is 15.6 Å². The molecule has 10 heteroatoms. The average molecular weight is 490 g/mol. The van der Waals surface area contributed by atoms with Crippen molar-refractivity contribution in [3.05, 3.63) is 76.3 Å². The second-order valence-electron chi connectivity index (χ2n) is 8.48. The number of benzene rings is 2.